The van der Waals surface area contributed by atoms with Crippen LogP contribution in [0.3, 0.4) is 0 Å². The fourth-order valence-electron chi connectivity index (χ4n) is 1.78. The monoisotopic (exact) mass is 225 g/mol. The molecule has 0 spiro atoms. The first-order chi connectivity index (χ1) is 7.79. The summed E-state index contributed by atoms with van der Waals surface area (Å²) in [5.74, 6) is -0.251. The Kier molecular flexibility index (Phi) is 3.88. The molecule has 1 fully saturated rings. The Morgan fingerprint density at radius 1 is 1.44 bits per heavy atom. The molecule has 1 aromatic rings. The molecule has 0 aromatic heterocycles. The van der Waals surface area contributed by atoms with Gasteiger partial charge in [-0.3, -0.25) is 0 Å². The summed E-state index contributed by atoms with van der Waals surface area (Å²) in [7, 11) is 0. The van der Waals surface area contributed by atoms with Crippen LogP contribution in [0.15, 0.2) is 18.2 Å². The Hall–Kier alpha value is -0.970. The molecule has 0 bridgehead atoms. The van der Waals surface area contributed by atoms with Crippen molar-refractivity contribution in [1.82, 2.24) is 0 Å². The number of ether oxygens (including phenoxy) is 2. The molecule has 1 aliphatic heterocycles. The van der Waals surface area contributed by atoms with Crippen LogP contribution in [0.4, 0.5) is 4.39 Å². The van der Waals surface area contributed by atoms with E-state index < -0.39 is 0 Å². The molecule has 2 N–H and O–H groups in total. The van der Waals surface area contributed by atoms with E-state index in [1.54, 1.807) is 6.07 Å². The van der Waals surface area contributed by atoms with Crippen molar-refractivity contribution < 1.29 is 13.9 Å². The standard InChI is InChI=1S/C12H16FNO2/c13-11-2-1-9(6-14)10(5-11)7-16-12-3-4-15-8-12/h1-2,5,12H,3-4,6-8,14H2. The van der Waals surface area contributed by atoms with Gasteiger partial charge in [0.1, 0.15) is 5.82 Å². The van der Waals surface area contributed by atoms with Gasteiger partial charge in [-0.2, -0.15) is 0 Å². The number of halogens is 1. The summed E-state index contributed by atoms with van der Waals surface area (Å²) in [5, 5.41) is 0. The molecule has 1 unspecified atom stereocenters. The second-order valence-corrected chi connectivity index (χ2v) is 3.91. The third-order valence-electron chi connectivity index (χ3n) is 2.75. The predicted molar refractivity (Wildman–Crippen MR) is 58.3 cm³/mol. The lowest BCUT2D eigenvalue weighted by Crippen LogP contribution is -2.13. The molecule has 16 heavy (non-hydrogen) atoms. The summed E-state index contributed by atoms with van der Waals surface area (Å²) in [5.41, 5.74) is 7.34. The van der Waals surface area contributed by atoms with E-state index >= 15 is 0 Å². The molecule has 0 amide bonds. The first-order valence-corrected chi connectivity index (χ1v) is 5.46. The van der Waals surface area contributed by atoms with E-state index in [1.807, 2.05) is 0 Å². The van der Waals surface area contributed by atoms with Crippen molar-refractivity contribution in [3.8, 4) is 0 Å². The first-order valence-electron chi connectivity index (χ1n) is 5.46. The topological polar surface area (TPSA) is 44.5 Å². The first kappa shape index (κ1) is 11.5. The Morgan fingerprint density at radius 2 is 2.31 bits per heavy atom. The van der Waals surface area contributed by atoms with Gasteiger partial charge in [-0.15, -0.1) is 0 Å². The SMILES string of the molecule is NCc1ccc(F)cc1COC1CCOC1. The smallest absolute Gasteiger partial charge is 0.123 e. The highest BCUT2D eigenvalue weighted by atomic mass is 19.1. The highest BCUT2D eigenvalue weighted by Crippen LogP contribution is 2.15. The third-order valence-corrected chi connectivity index (χ3v) is 2.75. The average molecular weight is 225 g/mol. The molecular weight excluding hydrogens is 209 g/mol. The summed E-state index contributed by atoms with van der Waals surface area (Å²) in [4.78, 5) is 0. The van der Waals surface area contributed by atoms with Crippen LogP contribution in [0.2, 0.25) is 0 Å². The van der Waals surface area contributed by atoms with Gasteiger partial charge in [0.15, 0.2) is 0 Å². The predicted octanol–water partition coefficient (Wildman–Crippen LogP) is 1.59. The highest BCUT2D eigenvalue weighted by Gasteiger charge is 2.16. The van der Waals surface area contributed by atoms with Crippen molar-refractivity contribution in [3.05, 3.63) is 35.1 Å². The summed E-state index contributed by atoms with van der Waals surface area (Å²) < 4.78 is 23.9. The lowest BCUT2D eigenvalue weighted by molar-refractivity contribution is 0.0313. The van der Waals surface area contributed by atoms with E-state index in [9.17, 15) is 4.39 Å². The number of benzene rings is 1. The fourth-order valence-corrected chi connectivity index (χ4v) is 1.78. The van der Waals surface area contributed by atoms with Gasteiger partial charge in [-0.25, -0.2) is 4.39 Å². The molecule has 1 atom stereocenters. The van der Waals surface area contributed by atoms with Crippen molar-refractivity contribution in [3.63, 3.8) is 0 Å². The number of nitrogens with two attached hydrogens (primary N) is 1. The minimum absolute atomic E-state index is 0.133. The number of hydrogen-bond donors (Lipinski definition) is 1. The molecule has 3 nitrogen and oxygen atoms in total. The average Bonchev–Trinajstić information content (AvgIpc) is 2.79. The Balaban J connectivity index is 1.98. The zero-order valence-electron chi connectivity index (χ0n) is 9.12. The number of hydrogen-bond acceptors (Lipinski definition) is 3. The lowest BCUT2D eigenvalue weighted by Gasteiger charge is -2.12. The van der Waals surface area contributed by atoms with Crippen molar-refractivity contribution in [2.75, 3.05) is 13.2 Å². The van der Waals surface area contributed by atoms with E-state index in [0.29, 0.717) is 19.8 Å². The second-order valence-electron chi connectivity index (χ2n) is 3.91. The van der Waals surface area contributed by atoms with Crippen LogP contribution >= 0.6 is 0 Å². The number of rotatable bonds is 4. The van der Waals surface area contributed by atoms with Crippen molar-refractivity contribution >= 4 is 0 Å². The van der Waals surface area contributed by atoms with E-state index in [1.165, 1.54) is 12.1 Å². The molecule has 1 aliphatic rings. The fraction of sp³-hybridized carbons (Fsp3) is 0.500. The third kappa shape index (κ3) is 2.78. The van der Waals surface area contributed by atoms with E-state index in [2.05, 4.69) is 0 Å². The lowest BCUT2D eigenvalue weighted by atomic mass is 10.1. The molecule has 4 heteroatoms. The zero-order chi connectivity index (χ0) is 11.4. The minimum atomic E-state index is -0.251. The van der Waals surface area contributed by atoms with Gasteiger partial charge in [0.05, 0.1) is 19.3 Å². The minimum Gasteiger partial charge on any atom is -0.379 e. The quantitative estimate of drug-likeness (QED) is 0.846. The van der Waals surface area contributed by atoms with E-state index in [0.717, 1.165) is 24.2 Å². The van der Waals surface area contributed by atoms with Gasteiger partial charge < -0.3 is 15.2 Å². The molecule has 1 heterocycles. The van der Waals surface area contributed by atoms with Crippen LogP contribution in [-0.2, 0) is 22.6 Å². The van der Waals surface area contributed by atoms with Crippen molar-refractivity contribution in [2.45, 2.75) is 25.7 Å². The van der Waals surface area contributed by atoms with Gasteiger partial charge >= 0.3 is 0 Å². The Morgan fingerprint density at radius 3 is 3.00 bits per heavy atom. The molecular formula is C12H16FNO2. The van der Waals surface area contributed by atoms with Crippen LogP contribution in [0.1, 0.15) is 17.5 Å². The van der Waals surface area contributed by atoms with Gasteiger partial charge in [0.2, 0.25) is 0 Å². The van der Waals surface area contributed by atoms with Crippen molar-refractivity contribution in [1.29, 1.82) is 0 Å². The molecule has 1 saturated heterocycles. The zero-order valence-corrected chi connectivity index (χ0v) is 9.12. The maximum absolute atomic E-state index is 13.1. The van der Waals surface area contributed by atoms with Crippen LogP contribution in [0, 0.1) is 5.82 Å². The van der Waals surface area contributed by atoms with Gasteiger partial charge in [-0.05, 0) is 29.7 Å². The van der Waals surface area contributed by atoms with E-state index in [-0.39, 0.29) is 11.9 Å². The summed E-state index contributed by atoms with van der Waals surface area (Å²) in [6.45, 7) is 2.18. The molecule has 2 rings (SSSR count). The van der Waals surface area contributed by atoms with Crippen LogP contribution in [0.25, 0.3) is 0 Å². The van der Waals surface area contributed by atoms with Crippen LogP contribution in [0.5, 0.6) is 0 Å². The maximum atomic E-state index is 13.1. The second kappa shape index (κ2) is 5.39. The Bertz CT molecular complexity index is 351. The van der Waals surface area contributed by atoms with Crippen LogP contribution in [-0.4, -0.2) is 19.3 Å². The summed E-state index contributed by atoms with van der Waals surface area (Å²) in [6, 6.07) is 4.61. The maximum Gasteiger partial charge on any atom is 0.123 e. The van der Waals surface area contributed by atoms with Crippen molar-refractivity contribution in [2.24, 2.45) is 5.73 Å². The van der Waals surface area contributed by atoms with Crippen LogP contribution < -0.4 is 5.73 Å². The molecule has 1 aromatic carbocycles. The van der Waals surface area contributed by atoms with E-state index in [4.69, 9.17) is 15.2 Å². The normalized spacial score (nSPS) is 20.2. The largest absolute Gasteiger partial charge is 0.379 e. The Labute approximate surface area is 94.3 Å². The van der Waals surface area contributed by atoms with Gasteiger partial charge in [0, 0.05) is 13.2 Å². The molecule has 0 radical (unpaired) electrons. The highest BCUT2D eigenvalue weighted by molar-refractivity contribution is 5.27. The van der Waals surface area contributed by atoms with Gasteiger partial charge in [-0.1, -0.05) is 6.07 Å². The summed E-state index contributed by atoms with van der Waals surface area (Å²) in [6.07, 6.45) is 1.04. The molecule has 0 saturated carbocycles. The molecule has 88 valence electrons. The molecule has 0 aliphatic carbocycles. The van der Waals surface area contributed by atoms with Gasteiger partial charge in [0.25, 0.3) is 0 Å². The summed E-state index contributed by atoms with van der Waals surface area (Å²) >= 11 is 0.